The first-order valence-corrected chi connectivity index (χ1v) is 7.27. The minimum Gasteiger partial charge on any atom is -0.357 e. The molecule has 1 aliphatic rings. The molecule has 0 atom stereocenters. The van der Waals surface area contributed by atoms with Crippen molar-refractivity contribution in [3.8, 4) is 0 Å². The Balaban J connectivity index is 0.00000225. The highest BCUT2D eigenvalue weighted by molar-refractivity contribution is 14.0. The third kappa shape index (κ3) is 8.50. The van der Waals surface area contributed by atoms with E-state index in [4.69, 9.17) is 0 Å². The number of nitrogens with zero attached hydrogens (tertiary/aromatic N) is 1. The van der Waals surface area contributed by atoms with Gasteiger partial charge in [-0.15, -0.1) is 24.0 Å². The second kappa shape index (κ2) is 10.5. The van der Waals surface area contributed by atoms with E-state index in [0.717, 1.165) is 37.3 Å². The van der Waals surface area contributed by atoms with E-state index in [1.54, 1.807) is 0 Å². The third-order valence-electron chi connectivity index (χ3n) is 2.45. The normalized spacial score (nSPS) is 15.5. The van der Waals surface area contributed by atoms with Gasteiger partial charge >= 0.3 is 0 Å². The van der Waals surface area contributed by atoms with Crippen LogP contribution >= 0.6 is 35.7 Å². The van der Waals surface area contributed by atoms with Crippen LogP contribution in [0.5, 0.6) is 0 Å². The first kappa shape index (κ1) is 16.4. The monoisotopic (exact) mass is 357 g/mol. The number of aliphatic imine (C=N–C) groups is 1. The summed E-state index contributed by atoms with van der Waals surface area (Å²) in [6, 6.07) is 0. The van der Waals surface area contributed by atoms with Gasteiger partial charge in [0.05, 0.1) is 0 Å². The molecule has 0 aromatic carbocycles. The Hall–Kier alpha value is 0.350. The molecule has 96 valence electrons. The van der Waals surface area contributed by atoms with Gasteiger partial charge in [0.25, 0.3) is 0 Å². The van der Waals surface area contributed by atoms with Crippen LogP contribution in [-0.2, 0) is 0 Å². The molecule has 16 heavy (non-hydrogen) atoms. The van der Waals surface area contributed by atoms with Gasteiger partial charge in [-0.2, -0.15) is 11.8 Å². The van der Waals surface area contributed by atoms with Crippen LogP contribution < -0.4 is 10.6 Å². The Bertz CT molecular complexity index is 196. The van der Waals surface area contributed by atoms with Crippen molar-refractivity contribution in [2.45, 2.75) is 26.2 Å². The Morgan fingerprint density at radius 1 is 1.38 bits per heavy atom. The molecule has 0 saturated heterocycles. The van der Waals surface area contributed by atoms with Crippen molar-refractivity contribution < 1.29 is 0 Å². The summed E-state index contributed by atoms with van der Waals surface area (Å²) in [6.45, 7) is 5.01. The van der Waals surface area contributed by atoms with Crippen LogP contribution in [-0.4, -0.2) is 37.6 Å². The van der Waals surface area contributed by atoms with Crippen molar-refractivity contribution in [2.24, 2.45) is 10.9 Å². The van der Waals surface area contributed by atoms with Crippen molar-refractivity contribution in [2.75, 3.05) is 31.6 Å². The molecular weight excluding hydrogens is 333 g/mol. The van der Waals surface area contributed by atoms with Gasteiger partial charge in [0, 0.05) is 25.4 Å². The maximum atomic E-state index is 4.55. The number of rotatable bonds is 7. The fraction of sp³-hybridized carbons (Fsp3) is 0.909. The van der Waals surface area contributed by atoms with Gasteiger partial charge in [0.1, 0.15) is 0 Å². The Morgan fingerprint density at radius 2 is 2.12 bits per heavy atom. The zero-order chi connectivity index (χ0) is 10.9. The molecule has 2 N–H and O–H groups in total. The average Bonchev–Trinajstić information content (AvgIpc) is 3.02. The van der Waals surface area contributed by atoms with Gasteiger partial charge in [-0.05, 0) is 25.5 Å². The number of hydrogen-bond donors (Lipinski definition) is 2. The summed E-state index contributed by atoms with van der Waals surface area (Å²) in [6.07, 6.45) is 6.23. The molecule has 1 fully saturated rings. The molecule has 0 aliphatic heterocycles. The summed E-state index contributed by atoms with van der Waals surface area (Å²) < 4.78 is 0. The molecule has 0 aromatic rings. The topological polar surface area (TPSA) is 36.4 Å². The zero-order valence-electron chi connectivity index (χ0n) is 10.3. The summed E-state index contributed by atoms with van der Waals surface area (Å²) in [5.74, 6) is 3.09. The molecule has 1 rings (SSSR count). The molecule has 0 aromatic heterocycles. The number of guanidine groups is 1. The number of halogens is 1. The molecule has 0 radical (unpaired) electrons. The van der Waals surface area contributed by atoms with E-state index in [1.807, 2.05) is 11.8 Å². The molecule has 0 amide bonds. The highest BCUT2D eigenvalue weighted by atomic mass is 127. The fourth-order valence-electron chi connectivity index (χ4n) is 1.38. The van der Waals surface area contributed by atoms with Crippen molar-refractivity contribution in [3.63, 3.8) is 0 Å². The first-order valence-electron chi connectivity index (χ1n) is 5.88. The van der Waals surface area contributed by atoms with Gasteiger partial charge < -0.3 is 10.6 Å². The first-order chi connectivity index (χ1) is 7.36. The SMILES string of the molecule is CCNC(=NCCC1CC1)NCCSC.I. The minimum absolute atomic E-state index is 0. The molecule has 0 bridgehead atoms. The highest BCUT2D eigenvalue weighted by Crippen LogP contribution is 2.31. The second-order valence-electron chi connectivity index (χ2n) is 3.91. The minimum atomic E-state index is 0. The summed E-state index contributed by atoms with van der Waals surface area (Å²) in [5, 5.41) is 6.60. The predicted octanol–water partition coefficient (Wildman–Crippen LogP) is 2.32. The fourth-order valence-corrected chi connectivity index (χ4v) is 1.68. The van der Waals surface area contributed by atoms with Crippen molar-refractivity contribution >= 4 is 41.7 Å². The third-order valence-corrected chi connectivity index (χ3v) is 3.06. The van der Waals surface area contributed by atoms with Crippen LogP contribution in [0.25, 0.3) is 0 Å². The van der Waals surface area contributed by atoms with E-state index in [1.165, 1.54) is 19.3 Å². The molecule has 5 heteroatoms. The lowest BCUT2D eigenvalue weighted by molar-refractivity contribution is 0.728. The number of thioether (sulfide) groups is 1. The zero-order valence-corrected chi connectivity index (χ0v) is 13.4. The van der Waals surface area contributed by atoms with Crippen LogP contribution in [0.1, 0.15) is 26.2 Å². The van der Waals surface area contributed by atoms with Crippen molar-refractivity contribution in [3.05, 3.63) is 0 Å². The van der Waals surface area contributed by atoms with Crippen LogP contribution in [0.4, 0.5) is 0 Å². The Kier molecular flexibility index (Phi) is 10.7. The quantitative estimate of drug-likeness (QED) is 0.318. The van der Waals surface area contributed by atoms with E-state index < -0.39 is 0 Å². The molecule has 1 aliphatic carbocycles. The molecule has 3 nitrogen and oxygen atoms in total. The molecule has 0 heterocycles. The lowest BCUT2D eigenvalue weighted by Gasteiger charge is -2.10. The molecular formula is C11H24IN3S. The standard InChI is InChI=1S/C11H23N3S.HI/c1-3-12-11(14-8-9-15-2)13-7-6-10-4-5-10;/h10H,3-9H2,1-2H3,(H2,12,13,14);1H. The van der Waals surface area contributed by atoms with E-state index in [2.05, 4.69) is 28.8 Å². The van der Waals surface area contributed by atoms with Crippen LogP contribution in [0, 0.1) is 5.92 Å². The summed E-state index contributed by atoms with van der Waals surface area (Å²) in [5.41, 5.74) is 0. The molecule has 0 unspecified atom stereocenters. The number of nitrogens with one attached hydrogen (secondary N) is 2. The van der Waals surface area contributed by atoms with E-state index in [0.29, 0.717) is 0 Å². The highest BCUT2D eigenvalue weighted by Gasteiger charge is 2.20. The van der Waals surface area contributed by atoms with Crippen molar-refractivity contribution in [1.29, 1.82) is 0 Å². The maximum Gasteiger partial charge on any atom is 0.191 e. The van der Waals surface area contributed by atoms with Gasteiger partial charge in [-0.3, -0.25) is 4.99 Å². The van der Waals surface area contributed by atoms with Crippen LogP contribution in [0.2, 0.25) is 0 Å². The summed E-state index contributed by atoms with van der Waals surface area (Å²) >= 11 is 1.86. The summed E-state index contributed by atoms with van der Waals surface area (Å²) in [7, 11) is 0. The van der Waals surface area contributed by atoms with E-state index in [9.17, 15) is 0 Å². The second-order valence-corrected chi connectivity index (χ2v) is 4.90. The number of hydrogen-bond acceptors (Lipinski definition) is 2. The van der Waals surface area contributed by atoms with Crippen molar-refractivity contribution in [1.82, 2.24) is 10.6 Å². The molecule has 0 spiro atoms. The average molecular weight is 357 g/mol. The summed E-state index contributed by atoms with van der Waals surface area (Å²) in [4.78, 5) is 4.55. The van der Waals surface area contributed by atoms with Gasteiger partial charge in [0.15, 0.2) is 5.96 Å². The van der Waals surface area contributed by atoms with E-state index in [-0.39, 0.29) is 24.0 Å². The lowest BCUT2D eigenvalue weighted by atomic mass is 10.3. The predicted molar refractivity (Wildman–Crippen MR) is 85.1 cm³/mol. The van der Waals surface area contributed by atoms with E-state index >= 15 is 0 Å². The van der Waals surface area contributed by atoms with Crippen LogP contribution in [0.15, 0.2) is 4.99 Å². The smallest absolute Gasteiger partial charge is 0.191 e. The van der Waals surface area contributed by atoms with Crippen LogP contribution in [0.3, 0.4) is 0 Å². The lowest BCUT2D eigenvalue weighted by Crippen LogP contribution is -2.38. The largest absolute Gasteiger partial charge is 0.357 e. The van der Waals surface area contributed by atoms with Gasteiger partial charge in [-0.25, -0.2) is 0 Å². The van der Waals surface area contributed by atoms with Gasteiger partial charge in [-0.1, -0.05) is 12.8 Å². The van der Waals surface area contributed by atoms with Gasteiger partial charge in [0.2, 0.25) is 0 Å². The molecule has 1 saturated carbocycles. The maximum absolute atomic E-state index is 4.55. The Morgan fingerprint density at radius 3 is 2.69 bits per heavy atom. The Labute approximate surface area is 121 Å².